The lowest BCUT2D eigenvalue weighted by atomic mass is 9.93. The molecule has 2 rings (SSSR count). The third kappa shape index (κ3) is 3.14. The summed E-state index contributed by atoms with van der Waals surface area (Å²) in [5.41, 5.74) is 0.627. The maximum absolute atomic E-state index is 11.9. The summed E-state index contributed by atoms with van der Waals surface area (Å²) in [7, 11) is 0. The fourth-order valence-corrected chi connectivity index (χ4v) is 1.97. The highest BCUT2D eigenvalue weighted by Crippen LogP contribution is 2.16. The molecule has 1 aromatic heterocycles. The van der Waals surface area contributed by atoms with Gasteiger partial charge in [0.15, 0.2) is 5.78 Å². The average molecular weight is 232 g/mol. The van der Waals surface area contributed by atoms with Crippen molar-refractivity contribution in [3.05, 3.63) is 36.2 Å². The minimum Gasteiger partial charge on any atom is -0.507 e. The molecule has 2 heterocycles. The lowest BCUT2D eigenvalue weighted by molar-refractivity contribution is -0.118. The van der Waals surface area contributed by atoms with Crippen molar-refractivity contribution >= 4 is 11.5 Å². The molecule has 1 aromatic rings. The first-order valence-electron chi connectivity index (χ1n) is 5.83. The predicted octanol–water partition coefficient (Wildman–Crippen LogP) is 1.55. The summed E-state index contributed by atoms with van der Waals surface area (Å²) in [5.74, 6) is 0.0805. The van der Waals surface area contributed by atoms with Crippen LogP contribution in [-0.2, 0) is 4.79 Å². The van der Waals surface area contributed by atoms with Crippen LogP contribution in [-0.4, -0.2) is 29.0 Å². The number of carbonyl (C=O) groups is 1. The molecule has 1 aliphatic rings. The van der Waals surface area contributed by atoms with Crippen molar-refractivity contribution in [2.24, 2.45) is 5.92 Å². The lowest BCUT2D eigenvalue weighted by Crippen LogP contribution is -2.31. The molecule has 17 heavy (non-hydrogen) atoms. The molecule has 0 bridgehead atoms. The lowest BCUT2D eigenvalue weighted by Gasteiger charge is -2.20. The number of aliphatic hydroxyl groups excluding tert-OH is 1. The van der Waals surface area contributed by atoms with E-state index >= 15 is 0 Å². The van der Waals surface area contributed by atoms with Crippen molar-refractivity contribution in [2.75, 3.05) is 13.1 Å². The Kier molecular flexibility index (Phi) is 3.88. The Bertz CT molecular complexity index is 409. The maximum atomic E-state index is 11.9. The molecule has 0 radical (unpaired) electrons. The van der Waals surface area contributed by atoms with Crippen LogP contribution in [0.2, 0.25) is 0 Å². The molecule has 1 fully saturated rings. The number of aromatic nitrogens is 1. The topological polar surface area (TPSA) is 62.2 Å². The van der Waals surface area contributed by atoms with Crippen LogP contribution >= 0.6 is 0 Å². The van der Waals surface area contributed by atoms with Gasteiger partial charge in [-0.25, -0.2) is 0 Å². The Labute approximate surface area is 100 Å². The average Bonchev–Trinajstić information content (AvgIpc) is 2.40. The number of aliphatic hydroxyl groups is 1. The summed E-state index contributed by atoms with van der Waals surface area (Å²) in [6.45, 7) is 1.75. The largest absolute Gasteiger partial charge is 0.507 e. The minimum atomic E-state index is 0.0146. The van der Waals surface area contributed by atoms with Crippen molar-refractivity contribution in [3.8, 4) is 0 Å². The molecule has 0 aromatic carbocycles. The van der Waals surface area contributed by atoms with E-state index in [-0.39, 0.29) is 17.5 Å². The number of carbonyl (C=O) groups excluding carboxylic acids is 1. The fraction of sp³-hybridized carbons (Fsp3) is 0.385. The monoisotopic (exact) mass is 232 g/mol. The fourth-order valence-electron chi connectivity index (χ4n) is 1.97. The number of hydrogen-bond donors (Lipinski definition) is 2. The first-order chi connectivity index (χ1) is 8.27. The zero-order chi connectivity index (χ0) is 12.1. The molecule has 4 nitrogen and oxygen atoms in total. The van der Waals surface area contributed by atoms with Crippen molar-refractivity contribution in [1.82, 2.24) is 10.3 Å². The van der Waals surface area contributed by atoms with E-state index < -0.39 is 0 Å². The third-order valence-electron chi connectivity index (χ3n) is 3.00. The zero-order valence-corrected chi connectivity index (χ0v) is 9.60. The molecule has 1 aliphatic heterocycles. The molecule has 0 atom stereocenters. The molecule has 4 heteroatoms. The normalized spacial score (nSPS) is 18.0. The Balaban J connectivity index is 2.05. The van der Waals surface area contributed by atoms with Crippen LogP contribution in [0.5, 0.6) is 0 Å². The number of piperidine rings is 1. The summed E-state index contributed by atoms with van der Waals surface area (Å²) in [6.07, 6.45) is 6.21. The van der Waals surface area contributed by atoms with Crippen molar-refractivity contribution < 1.29 is 9.90 Å². The van der Waals surface area contributed by atoms with Gasteiger partial charge in [0.25, 0.3) is 0 Å². The number of hydrogen-bond acceptors (Lipinski definition) is 4. The van der Waals surface area contributed by atoms with Crippen LogP contribution in [0.25, 0.3) is 5.76 Å². The SMILES string of the molecule is O=C(/C=C(\O)c1ccncc1)C1CCNCC1. The molecule has 0 spiro atoms. The quantitative estimate of drug-likeness (QED) is 0.613. The van der Waals surface area contributed by atoms with Gasteiger partial charge in [0.05, 0.1) is 0 Å². The van der Waals surface area contributed by atoms with E-state index in [9.17, 15) is 9.90 Å². The smallest absolute Gasteiger partial charge is 0.162 e. The van der Waals surface area contributed by atoms with Crippen LogP contribution in [0.1, 0.15) is 18.4 Å². The Morgan fingerprint density at radius 1 is 1.35 bits per heavy atom. The van der Waals surface area contributed by atoms with E-state index in [2.05, 4.69) is 10.3 Å². The van der Waals surface area contributed by atoms with E-state index in [4.69, 9.17) is 0 Å². The first-order valence-corrected chi connectivity index (χ1v) is 5.83. The van der Waals surface area contributed by atoms with Gasteiger partial charge in [-0.1, -0.05) is 0 Å². The summed E-state index contributed by atoms with van der Waals surface area (Å²) in [4.78, 5) is 15.8. The van der Waals surface area contributed by atoms with E-state index in [0.29, 0.717) is 5.56 Å². The van der Waals surface area contributed by atoms with Gasteiger partial charge in [-0.3, -0.25) is 9.78 Å². The molecular formula is C13H16N2O2. The van der Waals surface area contributed by atoms with Gasteiger partial charge in [0, 0.05) is 30.0 Å². The Morgan fingerprint density at radius 2 is 2.00 bits per heavy atom. The number of nitrogens with one attached hydrogen (secondary N) is 1. The second kappa shape index (κ2) is 5.59. The number of allylic oxidation sites excluding steroid dienone is 1. The van der Waals surface area contributed by atoms with Crippen molar-refractivity contribution in [3.63, 3.8) is 0 Å². The second-order valence-corrected chi connectivity index (χ2v) is 4.19. The van der Waals surface area contributed by atoms with Crippen molar-refractivity contribution in [1.29, 1.82) is 0 Å². The van der Waals surface area contributed by atoms with Crippen molar-refractivity contribution in [2.45, 2.75) is 12.8 Å². The third-order valence-corrected chi connectivity index (χ3v) is 3.00. The van der Waals surface area contributed by atoms with Gasteiger partial charge >= 0.3 is 0 Å². The summed E-state index contributed by atoms with van der Waals surface area (Å²) in [5, 5.41) is 13.0. The second-order valence-electron chi connectivity index (χ2n) is 4.19. The van der Waals surface area contributed by atoms with Crippen LogP contribution in [0, 0.1) is 5.92 Å². The standard InChI is InChI=1S/C13H16N2O2/c16-12(10-1-5-14-6-2-10)9-13(17)11-3-7-15-8-4-11/h1-2,5-6,9,11,15-16H,3-4,7-8H2/b12-9-. The zero-order valence-electron chi connectivity index (χ0n) is 9.60. The van der Waals surface area contributed by atoms with Gasteiger partial charge in [0.2, 0.25) is 0 Å². The molecule has 1 saturated heterocycles. The summed E-state index contributed by atoms with van der Waals surface area (Å²) in [6, 6.07) is 3.36. The molecule has 0 aliphatic carbocycles. The molecule has 0 saturated carbocycles. The maximum Gasteiger partial charge on any atom is 0.162 e. The first kappa shape index (κ1) is 11.8. The number of pyridine rings is 1. The predicted molar refractivity (Wildman–Crippen MR) is 65.4 cm³/mol. The van der Waals surface area contributed by atoms with Crippen LogP contribution in [0.15, 0.2) is 30.6 Å². The molecule has 2 N–H and O–H groups in total. The molecule has 0 amide bonds. The number of rotatable bonds is 3. The highest BCUT2D eigenvalue weighted by molar-refractivity contribution is 5.97. The highest BCUT2D eigenvalue weighted by atomic mass is 16.3. The van der Waals surface area contributed by atoms with E-state index in [1.807, 2.05) is 0 Å². The molecule has 0 unspecified atom stereocenters. The number of ketones is 1. The summed E-state index contributed by atoms with van der Waals surface area (Å²) >= 11 is 0. The van der Waals surface area contributed by atoms with Crippen LogP contribution in [0.4, 0.5) is 0 Å². The number of nitrogens with zero attached hydrogens (tertiary/aromatic N) is 1. The molecular weight excluding hydrogens is 216 g/mol. The van der Waals surface area contributed by atoms with Gasteiger partial charge in [-0.15, -0.1) is 0 Å². The summed E-state index contributed by atoms with van der Waals surface area (Å²) < 4.78 is 0. The van der Waals surface area contributed by atoms with Gasteiger partial charge < -0.3 is 10.4 Å². The van der Waals surface area contributed by atoms with E-state index in [0.717, 1.165) is 25.9 Å². The molecule has 90 valence electrons. The van der Waals surface area contributed by atoms with Crippen LogP contribution < -0.4 is 5.32 Å². The van der Waals surface area contributed by atoms with E-state index in [1.165, 1.54) is 6.08 Å². The van der Waals surface area contributed by atoms with Gasteiger partial charge in [0.1, 0.15) is 5.76 Å². The van der Waals surface area contributed by atoms with Gasteiger partial charge in [-0.2, -0.15) is 0 Å². The minimum absolute atomic E-state index is 0.0146. The van der Waals surface area contributed by atoms with Crippen LogP contribution in [0.3, 0.4) is 0 Å². The van der Waals surface area contributed by atoms with E-state index in [1.54, 1.807) is 24.5 Å². The Morgan fingerprint density at radius 3 is 2.65 bits per heavy atom. The van der Waals surface area contributed by atoms with Gasteiger partial charge in [-0.05, 0) is 38.1 Å². The Hall–Kier alpha value is -1.68. The highest BCUT2D eigenvalue weighted by Gasteiger charge is 2.19.